The molecule has 0 radical (unpaired) electrons. The molecule has 1 heterocycles. The van der Waals surface area contributed by atoms with Crippen LogP contribution in [0.25, 0.3) is 0 Å². The molecule has 1 aliphatic rings. The molecule has 0 aromatic heterocycles. The average molecular weight is 384 g/mol. The number of rotatable bonds is 5. The highest BCUT2D eigenvalue weighted by molar-refractivity contribution is 7.85. The summed E-state index contributed by atoms with van der Waals surface area (Å²) in [5.74, 6) is 0.529. The molecule has 1 fully saturated rings. The molecule has 0 N–H and O–H groups in total. The van der Waals surface area contributed by atoms with Gasteiger partial charge in [-0.1, -0.05) is 53.5 Å². The Bertz CT molecular complexity index is 711. The summed E-state index contributed by atoms with van der Waals surface area (Å²) in [5, 5.41) is 1.06. The molecular formula is C18H19Cl2NO2S. The monoisotopic (exact) mass is 383 g/mol. The van der Waals surface area contributed by atoms with Gasteiger partial charge in [0, 0.05) is 30.4 Å². The average Bonchev–Trinajstić information content (AvgIpc) is 2.63. The van der Waals surface area contributed by atoms with Gasteiger partial charge in [0.15, 0.2) is 0 Å². The van der Waals surface area contributed by atoms with Crippen LogP contribution in [-0.2, 0) is 15.5 Å². The van der Waals surface area contributed by atoms with E-state index in [1.807, 2.05) is 18.2 Å². The van der Waals surface area contributed by atoms with E-state index < -0.39 is 10.8 Å². The smallest absolute Gasteiger partial charge is 0.0952 e. The highest BCUT2D eigenvalue weighted by atomic mass is 35.5. The number of halogens is 2. The van der Waals surface area contributed by atoms with Crippen molar-refractivity contribution in [2.24, 2.45) is 0 Å². The van der Waals surface area contributed by atoms with Crippen LogP contribution in [-0.4, -0.2) is 41.1 Å². The van der Waals surface area contributed by atoms with Crippen molar-refractivity contribution in [2.75, 3.05) is 32.0 Å². The number of morpholine rings is 1. The minimum absolute atomic E-state index is 0.0724. The van der Waals surface area contributed by atoms with Gasteiger partial charge >= 0.3 is 0 Å². The fourth-order valence-corrected chi connectivity index (χ4v) is 4.55. The highest BCUT2D eigenvalue weighted by Gasteiger charge is 2.22. The van der Waals surface area contributed by atoms with Crippen LogP contribution in [0.15, 0.2) is 53.4 Å². The zero-order valence-electron chi connectivity index (χ0n) is 13.2. The maximum absolute atomic E-state index is 12.5. The first-order valence-electron chi connectivity index (χ1n) is 7.86. The first-order valence-corrected chi connectivity index (χ1v) is 9.93. The van der Waals surface area contributed by atoms with Crippen LogP contribution >= 0.6 is 23.2 Å². The lowest BCUT2D eigenvalue weighted by molar-refractivity contribution is -0.0278. The molecule has 0 saturated carbocycles. The van der Waals surface area contributed by atoms with Crippen LogP contribution in [0.3, 0.4) is 0 Å². The molecule has 1 saturated heterocycles. The number of ether oxygens (including phenoxy) is 1. The molecule has 6 heteroatoms. The molecule has 0 aliphatic carbocycles. The van der Waals surface area contributed by atoms with E-state index in [0.717, 1.165) is 19.6 Å². The van der Waals surface area contributed by atoms with Crippen molar-refractivity contribution >= 4 is 34.0 Å². The molecule has 0 bridgehead atoms. The number of nitrogens with zero attached hydrogens (tertiary/aromatic N) is 1. The summed E-state index contributed by atoms with van der Waals surface area (Å²) in [7, 11) is -1.16. The van der Waals surface area contributed by atoms with Gasteiger partial charge in [-0.2, -0.15) is 0 Å². The Kier molecular flexibility index (Phi) is 6.31. The first kappa shape index (κ1) is 17.9. The number of hydrogen-bond acceptors (Lipinski definition) is 3. The summed E-state index contributed by atoms with van der Waals surface area (Å²) in [4.78, 5) is 2.90. The van der Waals surface area contributed by atoms with E-state index in [2.05, 4.69) is 17.0 Å². The van der Waals surface area contributed by atoms with E-state index in [1.54, 1.807) is 18.2 Å². The minimum Gasteiger partial charge on any atom is -0.371 e. The van der Waals surface area contributed by atoms with E-state index in [-0.39, 0.29) is 6.10 Å². The molecular weight excluding hydrogens is 365 g/mol. The predicted molar refractivity (Wildman–Crippen MR) is 99.3 cm³/mol. The Morgan fingerprint density at radius 3 is 2.75 bits per heavy atom. The third-order valence-electron chi connectivity index (χ3n) is 4.05. The van der Waals surface area contributed by atoms with Gasteiger partial charge in [-0.25, -0.2) is 0 Å². The zero-order valence-corrected chi connectivity index (χ0v) is 15.5. The van der Waals surface area contributed by atoms with Gasteiger partial charge in [0.1, 0.15) is 0 Å². The predicted octanol–water partition coefficient (Wildman–Crippen LogP) is 4.17. The van der Waals surface area contributed by atoms with Crippen molar-refractivity contribution < 1.29 is 8.95 Å². The third-order valence-corrected chi connectivity index (χ3v) is 6.11. The molecule has 3 nitrogen and oxygen atoms in total. The minimum atomic E-state index is -1.16. The molecule has 2 aromatic rings. The summed E-state index contributed by atoms with van der Waals surface area (Å²) in [6.45, 7) is 3.08. The molecule has 128 valence electrons. The Morgan fingerprint density at radius 2 is 1.96 bits per heavy atom. The largest absolute Gasteiger partial charge is 0.371 e. The van der Waals surface area contributed by atoms with Gasteiger partial charge in [0.05, 0.1) is 33.4 Å². The summed E-state index contributed by atoms with van der Waals surface area (Å²) in [6, 6.07) is 15.3. The highest BCUT2D eigenvalue weighted by Crippen LogP contribution is 2.25. The van der Waals surface area contributed by atoms with Crippen molar-refractivity contribution in [3.63, 3.8) is 0 Å². The van der Waals surface area contributed by atoms with Gasteiger partial charge in [0.2, 0.25) is 0 Å². The van der Waals surface area contributed by atoms with Crippen LogP contribution in [0.1, 0.15) is 11.7 Å². The lowest BCUT2D eigenvalue weighted by Gasteiger charge is -2.33. The van der Waals surface area contributed by atoms with Crippen molar-refractivity contribution in [1.82, 2.24) is 4.90 Å². The van der Waals surface area contributed by atoms with Gasteiger partial charge in [-0.05, 0) is 23.8 Å². The van der Waals surface area contributed by atoms with Gasteiger partial charge in [0.25, 0.3) is 0 Å². The molecule has 24 heavy (non-hydrogen) atoms. The second kappa shape index (κ2) is 8.45. The normalized spacial score (nSPS) is 20.0. The zero-order chi connectivity index (χ0) is 16.9. The van der Waals surface area contributed by atoms with E-state index in [9.17, 15) is 4.21 Å². The second-order valence-electron chi connectivity index (χ2n) is 5.70. The van der Waals surface area contributed by atoms with Crippen LogP contribution in [0, 0.1) is 0 Å². The lowest BCUT2D eigenvalue weighted by atomic mass is 10.1. The fraction of sp³-hybridized carbons (Fsp3) is 0.333. The fourth-order valence-electron chi connectivity index (χ4n) is 2.75. The van der Waals surface area contributed by atoms with Gasteiger partial charge in [-0.15, -0.1) is 0 Å². The van der Waals surface area contributed by atoms with E-state index in [4.69, 9.17) is 27.9 Å². The lowest BCUT2D eigenvalue weighted by Crippen LogP contribution is -2.40. The van der Waals surface area contributed by atoms with Crippen molar-refractivity contribution in [3.8, 4) is 0 Å². The standard InChI is InChI=1S/C18H19Cl2NO2S/c19-15-6-7-16(20)18(12-15)24(22)11-9-21-8-10-23-17(13-21)14-4-2-1-3-5-14/h1-7,12,17H,8-11,13H2. The molecule has 2 unspecified atom stereocenters. The van der Waals surface area contributed by atoms with E-state index >= 15 is 0 Å². The quantitative estimate of drug-likeness (QED) is 0.775. The Morgan fingerprint density at radius 1 is 1.17 bits per heavy atom. The SMILES string of the molecule is O=S(CCN1CCOC(c2ccccc2)C1)c1cc(Cl)ccc1Cl. The Hall–Kier alpha value is -0.910. The number of benzene rings is 2. The topological polar surface area (TPSA) is 29.5 Å². The second-order valence-corrected chi connectivity index (χ2v) is 8.08. The maximum Gasteiger partial charge on any atom is 0.0952 e. The van der Waals surface area contributed by atoms with Crippen molar-refractivity contribution in [1.29, 1.82) is 0 Å². The Balaban J connectivity index is 1.58. The molecule has 0 amide bonds. The first-order chi connectivity index (χ1) is 11.6. The van der Waals surface area contributed by atoms with Crippen molar-refractivity contribution in [3.05, 3.63) is 64.1 Å². The molecule has 3 rings (SSSR count). The summed E-state index contributed by atoms with van der Waals surface area (Å²) in [6.07, 6.45) is 0.0724. The van der Waals surface area contributed by atoms with Crippen molar-refractivity contribution in [2.45, 2.75) is 11.0 Å². The third kappa shape index (κ3) is 4.58. The van der Waals surface area contributed by atoms with Crippen LogP contribution in [0.5, 0.6) is 0 Å². The summed E-state index contributed by atoms with van der Waals surface area (Å²) < 4.78 is 18.4. The Labute approximate surface area is 155 Å². The molecule has 2 aromatic carbocycles. The molecule has 2 atom stereocenters. The maximum atomic E-state index is 12.5. The van der Waals surface area contributed by atoms with E-state index in [1.165, 1.54) is 5.56 Å². The molecule has 0 spiro atoms. The van der Waals surface area contributed by atoms with Gasteiger partial charge < -0.3 is 4.74 Å². The van der Waals surface area contributed by atoms with E-state index in [0.29, 0.717) is 27.3 Å². The van der Waals surface area contributed by atoms with Crippen LogP contribution in [0.2, 0.25) is 10.0 Å². The summed E-state index contributed by atoms with van der Waals surface area (Å²) >= 11 is 12.1. The van der Waals surface area contributed by atoms with Crippen LogP contribution < -0.4 is 0 Å². The van der Waals surface area contributed by atoms with Crippen LogP contribution in [0.4, 0.5) is 0 Å². The molecule has 1 aliphatic heterocycles. The number of hydrogen-bond donors (Lipinski definition) is 0. The van der Waals surface area contributed by atoms with Gasteiger partial charge in [-0.3, -0.25) is 9.11 Å². The summed E-state index contributed by atoms with van der Waals surface area (Å²) in [5.41, 5.74) is 1.18.